The van der Waals surface area contributed by atoms with Gasteiger partial charge in [-0.1, -0.05) is 51.7 Å². The van der Waals surface area contributed by atoms with Crippen LogP contribution in [-0.2, 0) is 6.54 Å². The van der Waals surface area contributed by atoms with E-state index in [1.807, 2.05) is 44.2 Å². The lowest BCUT2D eigenvalue weighted by Crippen LogP contribution is -2.28. The van der Waals surface area contributed by atoms with Crippen molar-refractivity contribution in [2.24, 2.45) is 0 Å². The fraction of sp³-hybridized carbons (Fsp3) is 0.160. The molecule has 0 bridgehead atoms. The van der Waals surface area contributed by atoms with Crippen molar-refractivity contribution < 1.29 is 19.0 Å². The number of hydrogen-bond donors (Lipinski definition) is 1. The second kappa shape index (κ2) is 9.75. The Balaban J connectivity index is 1.45. The molecule has 7 nitrogen and oxygen atoms in total. The lowest BCUT2D eigenvalue weighted by molar-refractivity contribution is -0.481. The van der Waals surface area contributed by atoms with Crippen LogP contribution in [0.4, 0.5) is 5.69 Å². The molecule has 0 unspecified atom stereocenters. The first-order chi connectivity index (χ1) is 15.9. The summed E-state index contributed by atoms with van der Waals surface area (Å²) in [6, 6.07) is 21.4. The highest BCUT2D eigenvalue weighted by Gasteiger charge is 2.19. The average molecular weight is 465 g/mol. The van der Waals surface area contributed by atoms with Gasteiger partial charge in [-0.15, -0.1) is 0 Å². The van der Waals surface area contributed by atoms with E-state index in [-0.39, 0.29) is 18.6 Å². The van der Waals surface area contributed by atoms with Crippen LogP contribution in [0.2, 0.25) is 5.02 Å². The second-order valence-electron chi connectivity index (χ2n) is 7.72. The molecule has 1 heterocycles. The van der Waals surface area contributed by atoms with E-state index in [0.717, 1.165) is 5.56 Å². The van der Waals surface area contributed by atoms with Gasteiger partial charge in [0.1, 0.15) is 12.3 Å². The molecule has 8 heteroatoms. The number of anilines is 1. The van der Waals surface area contributed by atoms with E-state index >= 15 is 0 Å². The molecule has 33 heavy (non-hydrogen) atoms. The SMILES string of the molecule is CC(C)Oc1ccc(-c2[nH+]n(Cc3ccc(NC(=O)c4ccccc4)cc3)c(=O)o2)cc1Cl. The minimum atomic E-state index is -0.523. The number of carbonyl (C=O) groups is 1. The van der Waals surface area contributed by atoms with Crippen LogP contribution in [0, 0.1) is 0 Å². The lowest BCUT2D eigenvalue weighted by Gasteiger charge is -2.10. The topological polar surface area (TPSA) is 87.6 Å². The van der Waals surface area contributed by atoms with E-state index in [1.54, 1.807) is 42.5 Å². The summed E-state index contributed by atoms with van der Waals surface area (Å²) in [6.07, 6.45) is -0.00280. The number of aromatic amines is 1. The van der Waals surface area contributed by atoms with Crippen molar-refractivity contribution in [1.29, 1.82) is 0 Å². The van der Waals surface area contributed by atoms with E-state index in [2.05, 4.69) is 10.4 Å². The molecular formula is C25H23ClN3O4+. The summed E-state index contributed by atoms with van der Waals surface area (Å²) in [5.41, 5.74) is 2.73. The first kappa shape index (κ1) is 22.4. The third-order valence-corrected chi connectivity index (χ3v) is 5.09. The highest BCUT2D eigenvalue weighted by atomic mass is 35.5. The van der Waals surface area contributed by atoms with Gasteiger partial charge in [0.2, 0.25) is 0 Å². The summed E-state index contributed by atoms with van der Waals surface area (Å²) in [5.74, 6) is 0.155. The number of aromatic nitrogens is 2. The molecule has 0 aliphatic heterocycles. The zero-order chi connectivity index (χ0) is 23.4. The van der Waals surface area contributed by atoms with E-state index < -0.39 is 5.76 Å². The number of amides is 1. The summed E-state index contributed by atoms with van der Waals surface area (Å²) in [6.45, 7) is 4.11. The van der Waals surface area contributed by atoms with Crippen molar-refractivity contribution in [3.8, 4) is 17.2 Å². The minimum absolute atomic E-state index is 0.00280. The summed E-state index contributed by atoms with van der Waals surface area (Å²) >= 11 is 6.29. The van der Waals surface area contributed by atoms with Crippen LogP contribution in [-0.4, -0.2) is 16.7 Å². The highest BCUT2D eigenvalue weighted by molar-refractivity contribution is 6.32. The van der Waals surface area contributed by atoms with Crippen LogP contribution in [0.1, 0.15) is 29.8 Å². The van der Waals surface area contributed by atoms with Gasteiger partial charge in [0.15, 0.2) is 0 Å². The predicted molar refractivity (Wildman–Crippen MR) is 126 cm³/mol. The summed E-state index contributed by atoms with van der Waals surface area (Å²) in [5, 5.41) is 6.25. The summed E-state index contributed by atoms with van der Waals surface area (Å²) in [4.78, 5) is 24.6. The van der Waals surface area contributed by atoms with Crippen LogP contribution >= 0.6 is 11.6 Å². The van der Waals surface area contributed by atoms with Crippen LogP contribution in [0.3, 0.4) is 0 Å². The molecular weight excluding hydrogens is 442 g/mol. The van der Waals surface area contributed by atoms with Crippen molar-refractivity contribution in [3.05, 3.63) is 99.5 Å². The number of benzene rings is 3. The molecule has 0 saturated heterocycles. The van der Waals surface area contributed by atoms with Gasteiger partial charge >= 0.3 is 11.6 Å². The van der Waals surface area contributed by atoms with Crippen molar-refractivity contribution >= 4 is 23.2 Å². The zero-order valence-electron chi connectivity index (χ0n) is 18.2. The minimum Gasteiger partial charge on any atom is -0.489 e. The van der Waals surface area contributed by atoms with Crippen LogP contribution in [0.15, 0.2) is 82.0 Å². The molecule has 0 aliphatic rings. The third kappa shape index (κ3) is 5.51. The number of halogens is 1. The maximum Gasteiger partial charge on any atom is 0.473 e. The molecule has 1 aromatic heterocycles. The molecule has 3 aromatic carbocycles. The van der Waals surface area contributed by atoms with Gasteiger partial charge in [-0.05, 0) is 61.9 Å². The first-order valence-electron chi connectivity index (χ1n) is 10.4. The standard InChI is InChI=1S/C25H22ClN3O4/c1-16(2)32-22-13-10-19(14-21(22)26)24-28-29(25(31)33-24)15-17-8-11-20(12-9-17)27-23(30)18-6-4-3-5-7-18/h3-14,16H,15H2,1-2H3,(H,27,30)/p+1. The van der Waals surface area contributed by atoms with E-state index in [9.17, 15) is 9.59 Å². The van der Waals surface area contributed by atoms with Gasteiger partial charge in [-0.2, -0.15) is 0 Å². The molecule has 0 saturated carbocycles. The van der Waals surface area contributed by atoms with Gasteiger partial charge < -0.3 is 14.5 Å². The maximum absolute atomic E-state index is 12.3. The fourth-order valence-electron chi connectivity index (χ4n) is 3.22. The Kier molecular flexibility index (Phi) is 6.60. The normalized spacial score (nSPS) is 10.9. The Morgan fingerprint density at radius 2 is 1.82 bits per heavy atom. The monoisotopic (exact) mass is 464 g/mol. The molecule has 2 N–H and O–H groups in total. The van der Waals surface area contributed by atoms with Crippen LogP contribution < -0.4 is 20.9 Å². The number of ether oxygens (including phenoxy) is 1. The van der Waals surface area contributed by atoms with Gasteiger partial charge in [0.05, 0.1) is 16.7 Å². The third-order valence-electron chi connectivity index (χ3n) is 4.79. The van der Waals surface area contributed by atoms with E-state index in [4.69, 9.17) is 20.8 Å². The molecule has 0 radical (unpaired) electrons. The maximum atomic E-state index is 12.3. The first-order valence-corrected chi connectivity index (χ1v) is 10.8. The predicted octanol–water partition coefficient (Wildman–Crippen LogP) is 4.66. The number of hydrogen-bond acceptors (Lipinski definition) is 4. The van der Waals surface area contributed by atoms with Gasteiger partial charge in [0.25, 0.3) is 5.91 Å². The number of nitrogens with zero attached hydrogens (tertiary/aromatic N) is 1. The van der Waals surface area contributed by atoms with Gasteiger partial charge in [-0.25, -0.2) is 4.79 Å². The Morgan fingerprint density at radius 1 is 1.09 bits per heavy atom. The number of rotatable bonds is 7. The van der Waals surface area contributed by atoms with Crippen LogP contribution in [0.25, 0.3) is 11.5 Å². The molecule has 0 fully saturated rings. The quantitative estimate of drug-likeness (QED) is 0.430. The Bertz CT molecular complexity index is 1310. The fourth-order valence-corrected chi connectivity index (χ4v) is 3.45. The molecule has 1 amide bonds. The lowest BCUT2D eigenvalue weighted by atomic mass is 10.2. The van der Waals surface area contributed by atoms with E-state index in [0.29, 0.717) is 33.5 Å². The number of nitrogens with one attached hydrogen (secondary N) is 2. The molecule has 0 atom stereocenters. The number of carbonyl (C=O) groups excluding carboxylic acids is 1. The smallest absolute Gasteiger partial charge is 0.473 e. The Morgan fingerprint density at radius 3 is 2.48 bits per heavy atom. The zero-order valence-corrected chi connectivity index (χ0v) is 18.9. The summed E-state index contributed by atoms with van der Waals surface area (Å²) in [7, 11) is 0. The van der Waals surface area contributed by atoms with Crippen molar-refractivity contribution in [2.45, 2.75) is 26.5 Å². The Hall–Kier alpha value is -3.84. The highest BCUT2D eigenvalue weighted by Crippen LogP contribution is 2.29. The summed E-state index contributed by atoms with van der Waals surface area (Å²) < 4.78 is 12.4. The molecule has 0 aliphatic carbocycles. The Labute approximate surface area is 195 Å². The molecule has 0 spiro atoms. The van der Waals surface area contributed by atoms with Crippen LogP contribution in [0.5, 0.6) is 5.75 Å². The van der Waals surface area contributed by atoms with Crippen molar-refractivity contribution in [3.63, 3.8) is 0 Å². The van der Waals surface area contributed by atoms with Gasteiger partial charge in [-0.3, -0.25) is 4.79 Å². The number of H-pyrrole nitrogens is 1. The second-order valence-corrected chi connectivity index (χ2v) is 8.13. The largest absolute Gasteiger partial charge is 0.489 e. The van der Waals surface area contributed by atoms with Crippen molar-refractivity contribution in [2.75, 3.05) is 5.32 Å². The van der Waals surface area contributed by atoms with Gasteiger partial charge in [0, 0.05) is 11.3 Å². The molecule has 168 valence electrons. The van der Waals surface area contributed by atoms with Crippen molar-refractivity contribution in [1.82, 2.24) is 4.68 Å². The molecule has 4 aromatic rings. The molecule has 4 rings (SSSR count). The van der Waals surface area contributed by atoms with E-state index in [1.165, 1.54) is 4.68 Å². The average Bonchev–Trinajstić information content (AvgIpc) is 3.17.